The summed E-state index contributed by atoms with van der Waals surface area (Å²) in [4.78, 5) is 5.35. The first kappa shape index (κ1) is 13.2. The van der Waals surface area contributed by atoms with E-state index in [4.69, 9.17) is 16.4 Å². The van der Waals surface area contributed by atoms with Crippen molar-refractivity contribution in [3.05, 3.63) is 60.2 Å². The molecular weight excluding hydrogens is 270 g/mol. The molecule has 1 aliphatic heterocycles. The summed E-state index contributed by atoms with van der Waals surface area (Å²) in [5.74, 6) is 0. The van der Waals surface area contributed by atoms with E-state index >= 15 is 0 Å². The van der Waals surface area contributed by atoms with Crippen molar-refractivity contribution in [1.82, 2.24) is 0 Å². The molecule has 20 heavy (non-hydrogen) atoms. The van der Waals surface area contributed by atoms with Crippen LogP contribution >= 0.6 is 11.6 Å². The molecule has 0 N–H and O–H groups in total. The van der Waals surface area contributed by atoms with E-state index in [9.17, 15) is 0 Å². The third-order valence-corrected chi connectivity index (χ3v) is 3.81. The van der Waals surface area contributed by atoms with Gasteiger partial charge in [-0.05, 0) is 23.6 Å². The Balaban J connectivity index is 1.78. The molecular formula is C17H16ClNO. The van der Waals surface area contributed by atoms with E-state index in [1.807, 2.05) is 25.1 Å². The molecule has 102 valence electrons. The third kappa shape index (κ3) is 2.70. The van der Waals surface area contributed by atoms with Gasteiger partial charge in [-0.2, -0.15) is 0 Å². The maximum absolute atomic E-state index is 6.04. The highest BCUT2D eigenvalue weighted by atomic mass is 35.5. The highest BCUT2D eigenvalue weighted by Gasteiger charge is 2.26. The number of halogens is 1. The van der Waals surface area contributed by atoms with E-state index in [1.54, 1.807) is 0 Å². The van der Waals surface area contributed by atoms with Crippen molar-refractivity contribution >= 4 is 17.3 Å². The van der Waals surface area contributed by atoms with E-state index in [0.717, 1.165) is 17.7 Å². The standard InChI is InChI=1S/C17H16ClNO/c1-12(18)17-11-16(19-20-17)15-9-7-14(8-10-15)13-5-3-2-4-6-13/h2-10,12,17H,11H2,1H3. The lowest BCUT2D eigenvalue weighted by Gasteiger charge is -2.09. The van der Waals surface area contributed by atoms with Crippen molar-refractivity contribution in [2.24, 2.45) is 5.16 Å². The summed E-state index contributed by atoms with van der Waals surface area (Å²) in [5, 5.41) is 4.12. The molecule has 0 radical (unpaired) electrons. The summed E-state index contributed by atoms with van der Waals surface area (Å²) in [5.41, 5.74) is 4.50. The Morgan fingerprint density at radius 3 is 2.20 bits per heavy atom. The molecule has 0 fully saturated rings. The van der Waals surface area contributed by atoms with E-state index in [0.29, 0.717) is 0 Å². The van der Waals surface area contributed by atoms with Gasteiger partial charge in [-0.1, -0.05) is 59.8 Å². The van der Waals surface area contributed by atoms with Crippen LogP contribution in [0.4, 0.5) is 0 Å². The molecule has 2 unspecified atom stereocenters. The minimum Gasteiger partial charge on any atom is -0.390 e. The van der Waals surface area contributed by atoms with Gasteiger partial charge < -0.3 is 4.84 Å². The van der Waals surface area contributed by atoms with E-state index in [1.165, 1.54) is 11.1 Å². The van der Waals surface area contributed by atoms with Crippen LogP contribution in [-0.2, 0) is 4.84 Å². The number of alkyl halides is 1. The van der Waals surface area contributed by atoms with E-state index in [2.05, 4.69) is 41.6 Å². The topological polar surface area (TPSA) is 21.6 Å². The fourth-order valence-electron chi connectivity index (χ4n) is 2.30. The average molecular weight is 286 g/mol. The molecule has 3 rings (SSSR count). The Morgan fingerprint density at radius 2 is 1.60 bits per heavy atom. The lowest BCUT2D eigenvalue weighted by atomic mass is 10.00. The SMILES string of the molecule is CC(Cl)C1CC(c2ccc(-c3ccccc3)cc2)=NO1. The Hall–Kier alpha value is -1.80. The molecule has 0 spiro atoms. The molecule has 2 aromatic rings. The number of hydrogen-bond acceptors (Lipinski definition) is 2. The lowest BCUT2D eigenvalue weighted by Crippen LogP contribution is -2.18. The maximum Gasteiger partial charge on any atom is 0.149 e. The van der Waals surface area contributed by atoms with Gasteiger partial charge in [0.05, 0.1) is 11.1 Å². The third-order valence-electron chi connectivity index (χ3n) is 3.53. The van der Waals surface area contributed by atoms with Crippen LogP contribution in [0.3, 0.4) is 0 Å². The zero-order valence-electron chi connectivity index (χ0n) is 11.3. The Kier molecular flexibility index (Phi) is 3.75. The number of hydrogen-bond donors (Lipinski definition) is 0. The first-order chi connectivity index (χ1) is 9.74. The van der Waals surface area contributed by atoms with E-state index < -0.39 is 0 Å². The Morgan fingerprint density at radius 1 is 1.00 bits per heavy atom. The predicted octanol–water partition coefficient (Wildman–Crippen LogP) is 4.47. The fourth-order valence-corrected chi connectivity index (χ4v) is 2.43. The number of nitrogens with zero attached hydrogens (tertiary/aromatic N) is 1. The molecule has 2 nitrogen and oxygen atoms in total. The monoisotopic (exact) mass is 285 g/mol. The van der Waals surface area contributed by atoms with Crippen LogP contribution in [-0.4, -0.2) is 17.2 Å². The van der Waals surface area contributed by atoms with Gasteiger partial charge >= 0.3 is 0 Å². The Bertz CT molecular complexity index is 605. The van der Waals surface area contributed by atoms with Crippen molar-refractivity contribution in [1.29, 1.82) is 0 Å². The van der Waals surface area contributed by atoms with Crippen LogP contribution in [0.5, 0.6) is 0 Å². The van der Waals surface area contributed by atoms with Gasteiger partial charge in [0.25, 0.3) is 0 Å². The van der Waals surface area contributed by atoms with E-state index in [-0.39, 0.29) is 11.5 Å². The lowest BCUT2D eigenvalue weighted by molar-refractivity contribution is 0.0855. The summed E-state index contributed by atoms with van der Waals surface area (Å²) in [6.45, 7) is 1.93. The summed E-state index contributed by atoms with van der Waals surface area (Å²) in [6, 6.07) is 18.7. The van der Waals surface area contributed by atoms with Crippen molar-refractivity contribution in [2.45, 2.75) is 24.8 Å². The molecule has 1 heterocycles. The molecule has 1 aliphatic rings. The summed E-state index contributed by atoms with van der Waals surface area (Å²) in [7, 11) is 0. The van der Waals surface area contributed by atoms with Crippen LogP contribution in [0.25, 0.3) is 11.1 Å². The van der Waals surface area contributed by atoms with Crippen LogP contribution in [0.1, 0.15) is 18.9 Å². The van der Waals surface area contributed by atoms with Crippen LogP contribution in [0, 0.1) is 0 Å². The molecule has 2 atom stereocenters. The molecule has 0 aliphatic carbocycles. The first-order valence-corrected chi connectivity index (χ1v) is 7.20. The minimum atomic E-state index is -0.0279. The van der Waals surface area contributed by atoms with Crippen molar-refractivity contribution in [3.63, 3.8) is 0 Å². The van der Waals surface area contributed by atoms with Gasteiger partial charge in [0.1, 0.15) is 6.10 Å². The maximum atomic E-state index is 6.04. The quantitative estimate of drug-likeness (QED) is 0.762. The second-order valence-electron chi connectivity index (χ2n) is 5.01. The minimum absolute atomic E-state index is 0.0135. The van der Waals surface area contributed by atoms with Crippen LogP contribution in [0.15, 0.2) is 59.8 Å². The first-order valence-electron chi connectivity index (χ1n) is 6.76. The predicted molar refractivity (Wildman–Crippen MR) is 83.2 cm³/mol. The highest BCUT2D eigenvalue weighted by molar-refractivity contribution is 6.21. The largest absolute Gasteiger partial charge is 0.390 e. The Labute approximate surface area is 124 Å². The number of benzene rings is 2. The zero-order chi connectivity index (χ0) is 13.9. The highest BCUT2D eigenvalue weighted by Crippen LogP contribution is 2.24. The molecule has 0 aromatic heterocycles. The van der Waals surface area contributed by atoms with Gasteiger partial charge in [0.15, 0.2) is 0 Å². The molecule has 0 saturated heterocycles. The van der Waals surface area contributed by atoms with Gasteiger partial charge in [-0.15, -0.1) is 11.6 Å². The van der Waals surface area contributed by atoms with Gasteiger partial charge in [-0.3, -0.25) is 0 Å². The zero-order valence-corrected chi connectivity index (χ0v) is 12.0. The van der Waals surface area contributed by atoms with Gasteiger partial charge in [-0.25, -0.2) is 0 Å². The summed E-state index contributed by atoms with van der Waals surface area (Å²) < 4.78 is 0. The van der Waals surface area contributed by atoms with Crippen LogP contribution < -0.4 is 0 Å². The molecule has 0 saturated carbocycles. The number of oxime groups is 1. The van der Waals surface area contributed by atoms with Gasteiger partial charge in [0.2, 0.25) is 0 Å². The summed E-state index contributed by atoms with van der Waals surface area (Å²) >= 11 is 6.04. The molecule has 0 amide bonds. The summed E-state index contributed by atoms with van der Waals surface area (Å²) in [6.07, 6.45) is 0.760. The average Bonchev–Trinajstić information content (AvgIpc) is 2.98. The van der Waals surface area contributed by atoms with Crippen molar-refractivity contribution in [3.8, 4) is 11.1 Å². The van der Waals surface area contributed by atoms with Crippen LogP contribution in [0.2, 0.25) is 0 Å². The second kappa shape index (κ2) is 5.68. The second-order valence-corrected chi connectivity index (χ2v) is 5.70. The van der Waals surface area contributed by atoms with Crippen molar-refractivity contribution in [2.75, 3.05) is 0 Å². The normalized spacial score (nSPS) is 19.3. The van der Waals surface area contributed by atoms with Gasteiger partial charge in [0, 0.05) is 6.42 Å². The van der Waals surface area contributed by atoms with Crippen molar-refractivity contribution < 1.29 is 4.84 Å². The molecule has 2 aromatic carbocycles. The fraction of sp³-hybridized carbons (Fsp3) is 0.235. The molecule has 3 heteroatoms. The smallest absolute Gasteiger partial charge is 0.149 e. The number of rotatable bonds is 3. The molecule has 0 bridgehead atoms.